The topological polar surface area (TPSA) is 63.3 Å². The van der Waals surface area contributed by atoms with Crippen molar-refractivity contribution in [1.82, 2.24) is 14.8 Å². The van der Waals surface area contributed by atoms with E-state index in [0.29, 0.717) is 5.82 Å². The number of rotatable bonds is 1. The van der Waals surface area contributed by atoms with E-state index in [1.165, 1.54) is 0 Å². The molecule has 0 fully saturated rings. The first-order valence-corrected chi connectivity index (χ1v) is 6.65. The first kappa shape index (κ1) is 12.0. The van der Waals surface area contributed by atoms with Gasteiger partial charge in [-0.3, -0.25) is 4.57 Å². The van der Waals surface area contributed by atoms with Crippen LogP contribution in [-0.2, 0) is 0 Å². The second kappa shape index (κ2) is 4.64. The molecular weight excluding hydrogens is 264 g/mol. The highest BCUT2D eigenvalue weighted by atomic mass is 16.3. The van der Waals surface area contributed by atoms with Gasteiger partial charge in [0, 0.05) is 11.1 Å². The number of aliphatic hydroxyl groups excluding tert-OH is 1. The normalized spacial score (nSPS) is 16.6. The summed E-state index contributed by atoms with van der Waals surface area (Å²) in [6, 6.07) is 17.7. The van der Waals surface area contributed by atoms with Gasteiger partial charge >= 0.3 is 0 Å². The Balaban J connectivity index is 2.02. The molecule has 0 bridgehead atoms. The van der Waals surface area contributed by atoms with Crippen molar-refractivity contribution in [2.24, 2.45) is 4.99 Å². The smallest absolute Gasteiger partial charge is 0.207 e. The maximum atomic E-state index is 10.3. The van der Waals surface area contributed by atoms with Crippen molar-refractivity contribution < 1.29 is 5.11 Å². The highest BCUT2D eigenvalue weighted by Gasteiger charge is 2.24. The number of benzene rings is 2. The molecule has 1 unspecified atom stereocenters. The van der Waals surface area contributed by atoms with E-state index < -0.39 is 6.23 Å². The third-order valence-electron chi connectivity index (χ3n) is 3.52. The van der Waals surface area contributed by atoms with Crippen LogP contribution in [0.5, 0.6) is 0 Å². The first-order chi connectivity index (χ1) is 10.3. The molecule has 21 heavy (non-hydrogen) atoms. The van der Waals surface area contributed by atoms with E-state index in [9.17, 15) is 5.11 Å². The highest BCUT2D eigenvalue weighted by Crippen LogP contribution is 2.27. The molecule has 0 amide bonds. The lowest BCUT2D eigenvalue weighted by molar-refractivity contribution is 0.177. The Kier molecular flexibility index (Phi) is 2.65. The number of aliphatic hydroxyl groups is 1. The van der Waals surface area contributed by atoms with E-state index in [0.717, 1.165) is 22.5 Å². The second-order valence-corrected chi connectivity index (χ2v) is 4.79. The number of nitrogens with zero attached hydrogens (tertiary/aromatic N) is 4. The third-order valence-corrected chi connectivity index (χ3v) is 3.52. The van der Waals surface area contributed by atoms with Gasteiger partial charge < -0.3 is 5.11 Å². The number of aliphatic imine (C=N–C) groups is 1. The zero-order chi connectivity index (χ0) is 14.2. The van der Waals surface area contributed by atoms with Crippen molar-refractivity contribution in [3.8, 4) is 5.69 Å². The van der Waals surface area contributed by atoms with Gasteiger partial charge in [-0.05, 0) is 6.07 Å². The quantitative estimate of drug-likeness (QED) is 0.740. The lowest BCUT2D eigenvalue weighted by atomic mass is 10.0. The predicted octanol–water partition coefficient (Wildman–Crippen LogP) is 2.11. The van der Waals surface area contributed by atoms with Crippen molar-refractivity contribution >= 4 is 5.71 Å². The van der Waals surface area contributed by atoms with Crippen LogP contribution in [0.1, 0.15) is 23.2 Å². The molecule has 5 nitrogen and oxygen atoms in total. The SMILES string of the molecule is OC1N=C(c2ccccc2)c2ccccc2-n2cnnc21. The molecule has 2 aromatic carbocycles. The minimum Gasteiger partial charge on any atom is -0.365 e. The molecule has 1 aromatic heterocycles. The molecule has 2 heterocycles. The largest absolute Gasteiger partial charge is 0.365 e. The molecule has 0 saturated heterocycles. The minimum atomic E-state index is -1.03. The van der Waals surface area contributed by atoms with Crippen molar-refractivity contribution in [2.45, 2.75) is 6.23 Å². The Morgan fingerprint density at radius 1 is 0.952 bits per heavy atom. The summed E-state index contributed by atoms with van der Waals surface area (Å²) in [7, 11) is 0. The van der Waals surface area contributed by atoms with Crippen LogP contribution in [0.4, 0.5) is 0 Å². The summed E-state index contributed by atoms with van der Waals surface area (Å²) in [6.07, 6.45) is 0.566. The van der Waals surface area contributed by atoms with Crippen LogP contribution in [-0.4, -0.2) is 25.6 Å². The van der Waals surface area contributed by atoms with E-state index in [2.05, 4.69) is 15.2 Å². The molecular formula is C16H12N4O. The van der Waals surface area contributed by atoms with Gasteiger partial charge in [0.15, 0.2) is 5.82 Å². The lowest BCUT2D eigenvalue weighted by Crippen LogP contribution is -2.06. The summed E-state index contributed by atoms with van der Waals surface area (Å²) >= 11 is 0. The Morgan fingerprint density at radius 3 is 2.57 bits per heavy atom. The Morgan fingerprint density at radius 2 is 1.71 bits per heavy atom. The molecule has 0 saturated carbocycles. The monoisotopic (exact) mass is 276 g/mol. The van der Waals surface area contributed by atoms with Gasteiger partial charge in [-0.15, -0.1) is 10.2 Å². The number of para-hydroxylation sites is 1. The van der Waals surface area contributed by atoms with Crippen LogP contribution in [0.15, 0.2) is 65.9 Å². The van der Waals surface area contributed by atoms with Crippen LogP contribution < -0.4 is 0 Å². The van der Waals surface area contributed by atoms with E-state index in [-0.39, 0.29) is 0 Å². The molecule has 1 aliphatic heterocycles. The van der Waals surface area contributed by atoms with Gasteiger partial charge in [0.1, 0.15) is 6.33 Å². The van der Waals surface area contributed by atoms with Crippen LogP contribution in [0.25, 0.3) is 5.69 Å². The van der Waals surface area contributed by atoms with Gasteiger partial charge in [0.05, 0.1) is 11.4 Å². The van der Waals surface area contributed by atoms with E-state index in [4.69, 9.17) is 0 Å². The molecule has 5 heteroatoms. The summed E-state index contributed by atoms with van der Waals surface area (Å²) in [6.45, 7) is 0. The number of hydrogen-bond acceptors (Lipinski definition) is 4. The second-order valence-electron chi connectivity index (χ2n) is 4.79. The molecule has 1 aliphatic rings. The van der Waals surface area contributed by atoms with E-state index in [1.807, 2.05) is 54.6 Å². The number of aromatic nitrogens is 3. The maximum Gasteiger partial charge on any atom is 0.207 e. The maximum absolute atomic E-state index is 10.3. The van der Waals surface area contributed by atoms with Crippen LogP contribution >= 0.6 is 0 Å². The van der Waals surface area contributed by atoms with E-state index >= 15 is 0 Å². The number of fused-ring (bicyclic) bond motifs is 3. The zero-order valence-corrected chi connectivity index (χ0v) is 11.1. The average Bonchev–Trinajstić information content (AvgIpc) is 2.99. The number of hydrogen-bond donors (Lipinski definition) is 1. The highest BCUT2D eigenvalue weighted by molar-refractivity contribution is 6.15. The zero-order valence-electron chi connectivity index (χ0n) is 11.1. The van der Waals surface area contributed by atoms with Crippen LogP contribution in [0.2, 0.25) is 0 Å². The predicted molar refractivity (Wildman–Crippen MR) is 78.4 cm³/mol. The fourth-order valence-electron chi connectivity index (χ4n) is 2.57. The van der Waals surface area contributed by atoms with Crippen molar-refractivity contribution in [3.63, 3.8) is 0 Å². The van der Waals surface area contributed by atoms with Crippen molar-refractivity contribution in [1.29, 1.82) is 0 Å². The van der Waals surface area contributed by atoms with Gasteiger partial charge in [0.25, 0.3) is 0 Å². The summed E-state index contributed by atoms with van der Waals surface area (Å²) in [4.78, 5) is 4.45. The average molecular weight is 276 g/mol. The third kappa shape index (κ3) is 1.86. The fraction of sp³-hybridized carbons (Fsp3) is 0.0625. The summed E-state index contributed by atoms with van der Waals surface area (Å²) in [5, 5.41) is 18.2. The van der Waals surface area contributed by atoms with Gasteiger partial charge in [0.2, 0.25) is 6.23 Å². The first-order valence-electron chi connectivity index (χ1n) is 6.65. The molecule has 3 aromatic rings. The Hall–Kier alpha value is -2.79. The molecule has 4 rings (SSSR count). The summed E-state index contributed by atoms with van der Waals surface area (Å²) in [5.41, 5.74) is 3.57. The molecule has 102 valence electrons. The molecule has 0 radical (unpaired) electrons. The summed E-state index contributed by atoms with van der Waals surface area (Å²) < 4.78 is 1.78. The Labute approximate surface area is 121 Å². The van der Waals surface area contributed by atoms with Gasteiger partial charge in [-0.1, -0.05) is 48.5 Å². The lowest BCUT2D eigenvalue weighted by Gasteiger charge is -2.10. The van der Waals surface area contributed by atoms with Crippen LogP contribution in [0.3, 0.4) is 0 Å². The molecule has 0 aliphatic carbocycles. The van der Waals surface area contributed by atoms with Crippen molar-refractivity contribution in [3.05, 3.63) is 77.9 Å². The van der Waals surface area contributed by atoms with Gasteiger partial charge in [-0.25, -0.2) is 4.99 Å². The minimum absolute atomic E-state index is 0.424. The molecule has 1 N–H and O–H groups in total. The summed E-state index contributed by atoms with van der Waals surface area (Å²) in [5.74, 6) is 0.424. The van der Waals surface area contributed by atoms with Crippen LogP contribution in [0, 0.1) is 0 Å². The standard InChI is InChI=1S/C16H12N4O/c21-16-15-19-17-10-20(15)13-9-5-4-8-12(13)14(18-16)11-6-2-1-3-7-11/h1-10,16,21H. The molecule has 1 atom stereocenters. The van der Waals surface area contributed by atoms with Gasteiger partial charge in [-0.2, -0.15) is 0 Å². The van der Waals surface area contributed by atoms with E-state index in [1.54, 1.807) is 10.9 Å². The van der Waals surface area contributed by atoms with Crippen molar-refractivity contribution in [2.75, 3.05) is 0 Å². The fourth-order valence-corrected chi connectivity index (χ4v) is 2.57. The Bertz CT molecular complexity index is 823. The molecule has 0 spiro atoms.